The minimum absolute atomic E-state index is 0.0891. The highest BCUT2D eigenvalue weighted by Gasteiger charge is 2.22. The fourth-order valence-corrected chi connectivity index (χ4v) is 2.59. The molecule has 0 fully saturated rings. The highest BCUT2D eigenvalue weighted by Crippen LogP contribution is 2.26. The summed E-state index contributed by atoms with van der Waals surface area (Å²) < 4.78 is 0. The molecule has 21 heavy (non-hydrogen) atoms. The van der Waals surface area contributed by atoms with Crippen LogP contribution in [-0.2, 0) is 10.2 Å². The van der Waals surface area contributed by atoms with E-state index in [9.17, 15) is 9.59 Å². The maximum absolute atomic E-state index is 11.8. The number of carbonyl (C=O) groups excluding carboxylic acids is 1. The highest BCUT2D eigenvalue weighted by molar-refractivity contribution is 7.13. The van der Waals surface area contributed by atoms with Crippen LogP contribution in [0.4, 0.5) is 9.93 Å². The molecule has 1 atom stereocenters. The van der Waals surface area contributed by atoms with Crippen molar-refractivity contribution in [2.24, 2.45) is 5.92 Å². The number of amides is 2. The number of nitrogens with one attached hydrogen (secondary N) is 2. The van der Waals surface area contributed by atoms with Crippen molar-refractivity contribution in [3.05, 3.63) is 11.1 Å². The van der Waals surface area contributed by atoms with Crippen LogP contribution in [0.25, 0.3) is 0 Å². The smallest absolute Gasteiger partial charge is 0.326 e. The first-order valence-electron chi connectivity index (χ1n) is 6.86. The molecule has 0 aromatic carbocycles. The fraction of sp³-hybridized carbons (Fsp3) is 0.643. The standard InChI is InChI=1S/C14H23N3O3S/c1-8(2)6-9(11(18)19)15-12(20)17-13-16-10(7-21-13)14(3,4)5/h7-9H,6H2,1-5H3,(H,18,19)(H2,15,16,17,20)/t9-/m0/s1. The molecule has 118 valence electrons. The van der Waals surface area contributed by atoms with Crippen molar-refractivity contribution in [1.82, 2.24) is 10.3 Å². The van der Waals surface area contributed by atoms with Gasteiger partial charge in [-0.3, -0.25) is 5.32 Å². The minimum Gasteiger partial charge on any atom is -0.480 e. The predicted octanol–water partition coefficient (Wildman–Crippen LogP) is 3.06. The molecule has 6 nitrogen and oxygen atoms in total. The molecule has 1 aromatic rings. The molecule has 0 aliphatic rings. The number of carboxylic acid groups (broad SMARTS) is 1. The van der Waals surface area contributed by atoms with Gasteiger partial charge in [0.2, 0.25) is 0 Å². The van der Waals surface area contributed by atoms with E-state index in [1.807, 2.05) is 40.0 Å². The summed E-state index contributed by atoms with van der Waals surface area (Å²) in [6, 6.07) is -1.44. The van der Waals surface area contributed by atoms with Crippen LogP contribution < -0.4 is 10.6 Å². The SMILES string of the molecule is CC(C)C[C@H](NC(=O)Nc1nc(C(C)(C)C)cs1)C(=O)O. The number of hydrogen-bond donors (Lipinski definition) is 3. The zero-order chi connectivity index (χ0) is 16.2. The average molecular weight is 313 g/mol. The van der Waals surface area contributed by atoms with Crippen molar-refractivity contribution < 1.29 is 14.7 Å². The van der Waals surface area contributed by atoms with Crippen LogP contribution in [-0.4, -0.2) is 28.1 Å². The van der Waals surface area contributed by atoms with E-state index in [-0.39, 0.29) is 11.3 Å². The first-order chi connectivity index (χ1) is 9.59. The maximum atomic E-state index is 11.8. The van der Waals surface area contributed by atoms with E-state index in [0.29, 0.717) is 11.6 Å². The number of hydrogen-bond acceptors (Lipinski definition) is 4. The number of rotatable bonds is 5. The molecule has 2 amide bonds. The molecule has 0 aliphatic heterocycles. The zero-order valence-corrected chi connectivity index (χ0v) is 13.9. The number of aliphatic carboxylic acids is 1. The lowest BCUT2D eigenvalue weighted by Crippen LogP contribution is -2.43. The van der Waals surface area contributed by atoms with Gasteiger partial charge < -0.3 is 10.4 Å². The Kier molecular flexibility index (Phi) is 5.71. The van der Waals surface area contributed by atoms with E-state index < -0.39 is 18.0 Å². The first kappa shape index (κ1) is 17.4. The summed E-state index contributed by atoms with van der Waals surface area (Å²) in [5.41, 5.74) is 0.800. The second kappa shape index (κ2) is 6.89. The summed E-state index contributed by atoms with van der Waals surface area (Å²) >= 11 is 1.32. The third kappa shape index (κ3) is 5.71. The number of urea groups is 1. The van der Waals surface area contributed by atoms with Gasteiger partial charge in [-0.15, -0.1) is 11.3 Å². The fourth-order valence-electron chi connectivity index (χ4n) is 1.66. The van der Waals surface area contributed by atoms with Crippen LogP contribution in [0, 0.1) is 5.92 Å². The van der Waals surface area contributed by atoms with E-state index in [4.69, 9.17) is 5.11 Å². The molecule has 3 N–H and O–H groups in total. The van der Waals surface area contributed by atoms with Crippen molar-refractivity contribution in [1.29, 1.82) is 0 Å². The molecular formula is C14H23N3O3S. The molecule has 0 radical (unpaired) electrons. The molecule has 1 heterocycles. The van der Waals surface area contributed by atoms with Gasteiger partial charge >= 0.3 is 12.0 Å². The normalized spacial score (nSPS) is 13.0. The Morgan fingerprint density at radius 3 is 2.43 bits per heavy atom. The molecule has 0 unspecified atom stereocenters. The van der Waals surface area contributed by atoms with Crippen molar-refractivity contribution in [2.45, 2.75) is 52.5 Å². The average Bonchev–Trinajstić information content (AvgIpc) is 2.75. The predicted molar refractivity (Wildman–Crippen MR) is 83.8 cm³/mol. The Bertz CT molecular complexity index is 506. The Hall–Kier alpha value is -1.63. The Balaban J connectivity index is 2.64. The third-order valence-corrected chi connectivity index (χ3v) is 3.56. The van der Waals surface area contributed by atoms with Gasteiger partial charge in [-0.05, 0) is 12.3 Å². The van der Waals surface area contributed by atoms with Gasteiger partial charge in [-0.1, -0.05) is 34.6 Å². The van der Waals surface area contributed by atoms with E-state index in [1.165, 1.54) is 11.3 Å². The van der Waals surface area contributed by atoms with Gasteiger partial charge in [-0.25, -0.2) is 14.6 Å². The maximum Gasteiger partial charge on any atom is 0.326 e. The lowest BCUT2D eigenvalue weighted by atomic mass is 9.93. The summed E-state index contributed by atoms with van der Waals surface area (Å²) in [6.45, 7) is 9.93. The summed E-state index contributed by atoms with van der Waals surface area (Å²) in [6.07, 6.45) is 0.383. The second-order valence-corrected chi connectivity index (χ2v) is 7.26. The number of carboxylic acids is 1. The largest absolute Gasteiger partial charge is 0.480 e. The number of thiazole rings is 1. The number of aromatic nitrogens is 1. The van der Waals surface area contributed by atoms with Crippen molar-refractivity contribution in [3.8, 4) is 0 Å². The lowest BCUT2D eigenvalue weighted by molar-refractivity contribution is -0.139. The third-order valence-electron chi connectivity index (χ3n) is 2.80. The molecule has 1 rings (SSSR count). The quantitative estimate of drug-likeness (QED) is 0.779. The minimum atomic E-state index is -1.03. The summed E-state index contributed by atoms with van der Waals surface area (Å²) in [5, 5.41) is 16.5. The molecule has 0 aliphatic carbocycles. The Morgan fingerprint density at radius 2 is 2.00 bits per heavy atom. The monoisotopic (exact) mass is 313 g/mol. The summed E-state index contributed by atoms with van der Waals surface area (Å²) in [4.78, 5) is 27.3. The molecule has 0 saturated heterocycles. The van der Waals surface area contributed by atoms with Gasteiger partial charge in [0.15, 0.2) is 5.13 Å². The Morgan fingerprint density at radius 1 is 1.38 bits per heavy atom. The molecule has 1 aromatic heterocycles. The number of nitrogens with zero attached hydrogens (tertiary/aromatic N) is 1. The topological polar surface area (TPSA) is 91.3 Å². The van der Waals surface area contributed by atoms with Crippen LogP contribution in [0.3, 0.4) is 0 Å². The van der Waals surface area contributed by atoms with Crippen LogP contribution in [0.2, 0.25) is 0 Å². The van der Waals surface area contributed by atoms with E-state index in [0.717, 1.165) is 5.69 Å². The number of anilines is 1. The van der Waals surface area contributed by atoms with E-state index in [1.54, 1.807) is 0 Å². The van der Waals surface area contributed by atoms with Gasteiger partial charge in [0.25, 0.3) is 0 Å². The summed E-state index contributed by atoms with van der Waals surface area (Å²) in [5.74, 6) is -0.855. The first-order valence-corrected chi connectivity index (χ1v) is 7.74. The molecule has 7 heteroatoms. The second-order valence-electron chi connectivity index (χ2n) is 6.41. The van der Waals surface area contributed by atoms with Crippen LogP contribution in [0.5, 0.6) is 0 Å². The van der Waals surface area contributed by atoms with Crippen molar-refractivity contribution in [2.75, 3.05) is 5.32 Å². The van der Waals surface area contributed by atoms with E-state index >= 15 is 0 Å². The molecule has 0 spiro atoms. The van der Waals surface area contributed by atoms with Crippen molar-refractivity contribution >= 4 is 28.5 Å². The van der Waals surface area contributed by atoms with Gasteiger partial charge in [0.1, 0.15) is 6.04 Å². The van der Waals surface area contributed by atoms with Gasteiger partial charge in [-0.2, -0.15) is 0 Å². The van der Waals surface area contributed by atoms with Gasteiger partial charge in [0.05, 0.1) is 5.69 Å². The highest BCUT2D eigenvalue weighted by atomic mass is 32.1. The zero-order valence-electron chi connectivity index (χ0n) is 13.1. The molecular weight excluding hydrogens is 290 g/mol. The van der Waals surface area contributed by atoms with Crippen molar-refractivity contribution in [3.63, 3.8) is 0 Å². The number of carbonyl (C=O) groups is 2. The van der Waals surface area contributed by atoms with Gasteiger partial charge in [0, 0.05) is 10.8 Å². The van der Waals surface area contributed by atoms with Crippen LogP contribution in [0.15, 0.2) is 5.38 Å². The van der Waals surface area contributed by atoms with E-state index in [2.05, 4.69) is 15.6 Å². The lowest BCUT2D eigenvalue weighted by Gasteiger charge is -2.16. The molecule has 0 bridgehead atoms. The van der Waals surface area contributed by atoms with Crippen LogP contribution >= 0.6 is 11.3 Å². The summed E-state index contributed by atoms with van der Waals surface area (Å²) in [7, 11) is 0. The molecule has 0 saturated carbocycles. The Labute approximate surface area is 129 Å². The van der Waals surface area contributed by atoms with Crippen LogP contribution in [0.1, 0.15) is 46.7 Å².